The Hall–Kier alpha value is -2.93. The molecule has 1 N–H and O–H groups in total. The molecule has 0 bridgehead atoms. The van der Waals surface area contributed by atoms with Crippen LogP contribution in [0.25, 0.3) is 0 Å². The molecule has 30 heavy (non-hydrogen) atoms. The maximum atomic E-state index is 12.8. The Bertz CT molecular complexity index is 859. The van der Waals surface area contributed by atoms with Gasteiger partial charge in [-0.3, -0.25) is 4.79 Å². The van der Waals surface area contributed by atoms with Gasteiger partial charge in [0.1, 0.15) is 5.75 Å². The van der Waals surface area contributed by atoms with Crippen LogP contribution < -0.4 is 10.1 Å². The molecule has 1 aliphatic rings. The molecule has 0 spiro atoms. The highest BCUT2D eigenvalue weighted by molar-refractivity contribution is 5.99. The molecule has 1 saturated heterocycles. The average Bonchev–Trinajstić information content (AvgIpc) is 2.81. The fourth-order valence-electron chi connectivity index (χ4n) is 3.67. The molecule has 4 heteroatoms. The number of ether oxygens (including phenoxy) is 1. The third kappa shape index (κ3) is 6.56. The predicted octanol–water partition coefficient (Wildman–Crippen LogP) is 5.35. The molecular formula is C26H32N2O2. The quantitative estimate of drug-likeness (QED) is 0.477. The summed E-state index contributed by atoms with van der Waals surface area (Å²) < 4.78 is 5.16. The minimum absolute atomic E-state index is 0.159. The summed E-state index contributed by atoms with van der Waals surface area (Å²) in [7, 11) is 1.67. The Balaban J connectivity index is 1.37. The van der Waals surface area contributed by atoms with Gasteiger partial charge < -0.3 is 15.0 Å². The third-order valence-corrected chi connectivity index (χ3v) is 5.42. The summed E-state index contributed by atoms with van der Waals surface area (Å²) >= 11 is 0. The van der Waals surface area contributed by atoms with E-state index in [1.54, 1.807) is 7.11 Å². The van der Waals surface area contributed by atoms with Crippen molar-refractivity contribution in [1.29, 1.82) is 0 Å². The zero-order valence-electron chi connectivity index (χ0n) is 18.0. The largest absolute Gasteiger partial charge is 0.497 e. The number of piperidine rings is 1. The molecule has 1 heterocycles. The number of benzene rings is 2. The third-order valence-electron chi connectivity index (χ3n) is 5.42. The van der Waals surface area contributed by atoms with Crippen LogP contribution in [0, 0.1) is 11.8 Å². The van der Waals surface area contributed by atoms with Crippen molar-refractivity contribution in [3.05, 3.63) is 59.7 Å². The summed E-state index contributed by atoms with van der Waals surface area (Å²) in [5.41, 5.74) is 2.77. The van der Waals surface area contributed by atoms with Crippen molar-refractivity contribution < 1.29 is 9.53 Å². The summed E-state index contributed by atoms with van der Waals surface area (Å²) in [5.74, 6) is 7.46. The molecule has 0 aromatic heterocycles. The number of para-hydroxylation sites is 1. The molecular weight excluding hydrogens is 372 g/mol. The van der Waals surface area contributed by atoms with Gasteiger partial charge in [-0.05, 0) is 68.5 Å². The van der Waals surface area contributed by atoms with Gasteiger partial charge in [-0.1, -0.05) is 30.4 Å². The number of nitrogens with zero attached hydrogens (tertiary/aromatic N) is 1. The minimum atomic E-state index is 0.159. The van der Waals surface area contributed by atoms with Crippen molar-refractivity contribution in [3.63, 3.8) is 0 Å². The Morgan fingerprint density at radius 2 is 1.77 bits per heavy atom. The van der Waals surface area contributed by atoms with Crippen LogP contribution in [0.15, 0.2) is 48.5 Å². The number of hydrogen-bond acceptors (Lipinski definition) is 3. The Morgan fingerprint density at radius 3 is 2.53 bits per heavy atom. The van der Waals surface area contributed by atoms with E-state index >= 15 is 0 Å². The first kappa shape index (κ1) is 21.8. The highest BCUT2D eigenvalue weighted by atomic mass is 16.5. The van der Waals surface area contributed by atoms with E-state index in [1.807, 2.05) is 53.4 Å². The Morgan fingerprint density at radius 1 is 1.00 bits per heavy atom. The molecule has 3 rings (SSSR count). The molecule has 1 aliphatic heterocycles. The second-order valence-corrected chi connectivity index (χ2v) is 7.67. The van der Waals surface area contributed by atoms with E-state index in [4.69, 9.17) is 4.74 Å². The highest BCUT2D eigenvalue weighted by Crippen LogP contribution is 2.20. The molecule has 1 amide bonds. The van der Waals surface area contributed by atoms with Crippen molar-refractivity contribution in [2.75, 3.05) is 32.1 Å². The van der Waals surface area contributed by atoms with E-state index in [0.29, 0.717) is 0 Å². The maximum absolute atomic E-state index is 12.8. The van der Waals surface area contributed by atoms with E-state index in [2.05, 4.69) is 17.2 Å². The normalized spacial score (nSPS) is 13.3. The summed E-state index contributed by atoms with van der Waals surface area (Å²) in [6, 6.07) is 15.7. The van der Waals surface area contributed by atoms with Gasteiger partial charge >= 0.3 is 0 Å². The van der Waals surface area contributed by atoms with Crippen LogP contribution in [0.2, 0.25) is 0 Å². The molecule has 0 aliphatic carbocycles. The van der Waals surface area contributed by atoms with Gasteiger partial charge in [0, 0.05) is 37.3 Å². The Kier molecular flexibility index (Phi) is 8.65. The van der Waals surface area contributed by atoms with E-state index in [1.165, 1.54) is 6.42 Å². The van der Waals surface area contributed by atoms with Gasteiger partial charge in [0.05, 0.1) is 12.7 Å². The lowest BCUT2D eigenvalue weighted by Crippen LogP contribution is -2.36. The minimum Gasteiger partial charge on any atom is -0.497 e. The number of nitrogens with one attached hydrogen (secondary N) is 1. The van der Waals surface area contributed by atoms with Gasteiger partial charge in [0.15, 0.2) is 0 Å². The summed E-state index contributed by atoms with van der Waals surface area (Å²) in [6.07, 6.45) is 7.62. The number of unbranched alkanes of at least 4 members (excludes halogenated alkanes) is 3. The Labute approximate surface area is 180 Å². The number of amides is 1. The fourth-order valence-corrected chi connectivity index (χ4v) is 3.67. The molecule has 2 aromatic carbocycles. The van der Waals surface area contributed by atoms with Crippen molar-refractivity contribution in [2.24, 2.45) is 0 Å². The summed E-state index contributed by atoms with van der Waals surface area (Å²) in [6.45, 7) is 2.63. The second-order valence-electron chi connectivity index (χ2n) is 7.67. The molecule has 0 unspecified atom stereocenters. The lowest BCUT2D eigenvalue weighted by molar-refractivity contribution is 0.0725. The van der Waals surface area contributed by atoms with Crippen LogP contribution in [-0.4, -0.2) is 37.6 Å². The highest BCUT2D eigenvalue weighted by Gasteiger charge is 2.20. The number of carbonyl (C=O) groups excluding carboxylic acids is 1. The predicted molar refractivity (Wildman–Crippen MR) is 123 cm³/mol. The summed E-state index contributed by atoms with van der Waals surface area (Å²) in [5, 5.41) is 3.47. The first-order valence-electron chi connectivity index (χ1n) is 11.0. The smallest absolute Gasteiger partial charge is 0.255 e. The van der Waals surface area contributed by atoms with E-state index in [9.17, 15) is 4.79 Å². The lowest BCUT2D eigenvalue weighted by atomic mass is 10.1. The average molecular weight is 405 g/mol. The van der Waals surface area contributed by atoms with Crippen molar-refractivity contribution >= 4 is 11.6 Å². The van der Waals surface area contributed by atoms with Gasteiger partial charge in [-0.15, -0.1) is 0 Å². The van der Waals surface area contributed by atoms with E-state index < -0.39 is 0 Å². The van der Waals surface area contributed by atoms with Gasteiger partial charge in [-0.2, -0.15) is 0 Å². The molecule has 0 radical (unpaired) electrons. The zero-order chi connectivity index (χ0) is 21.0. The first-order chi connectivity index (χ1) is 14.8. The first-order valence-corrected chi connectivity index (χ1v) is 11.0. The molecule has 158 valence electrons. The van der Waals surface area contributed by atoms with Crippen LogP contribution in [0.3, 0.4) is 0 Å². The van der Waals surface area contributed by atoms with Gasteiger partial charge in [-0.25, -0.2) is 0 Å². The number of rotatable bonds is 8. The molecule has 1 fully saturated rings. The van der Waals surface area contributed by atoms with Crippen LogP contribution >= 0.6 is 0 Å². The van der Waals surface area contributed by atoms with Crippen molar-refractivity contribution in [1.82, 2.24) is 4.90 Å². The number of likely N-dealkylation sites (tertiary alicyclic amines) is 1. The number of carbonyl (C=O) groups is 1. The lowest BCUT2D eigenvalue weighted by Gasteiger charge is -2.27. The van der Waals surface area contributed by atoms with Gasteiger partial charge in [0.2, 0.25) is 0 Å². The SMILES string of the molecule is COc1ccc(C#CCCCCCNc2ccccc2C(=O)N2CCCCC2)cc1. The molecule has 4 nitrogen and oxygen atoms in total. The molecule has 0 atom stereocenters. The van der Waals surface area contributed by atoms with E-state index in [-0.39, 0.29) is 5.91 Å². The summed E-state index contributed by atoms with van der Waals surface area (Å²) in [4.78, 5) is 14.8. The second kappa shape index (κ2) is 11.9. The zero-order valence-corrected chi connectivity index (χ0v) is 18.0. The van der Waals surface area contributed by atoms with Crippen molar-refractivity contribution in [2.45, 2.75) is 44.9 Å². The van der Waals surface area contributed by atoms with Crippen molar-refractivity contribution in [3.8, 4) is 17.6 Å². The molecule has 2 aromatic rings. The van der Waals surface area contributed by atoms with Crippen LogP contribution in [0.4, 0.5) is 5.69 Å². The fraction of sp³-hybridized carbons (Fsp3) is 0.423. The topological polar surface area (TPSA) is 41.6 Å². The van der Waals surface area contributed by atoms with Crippen LogP contribution in [0.5, 0.6) is 5.75 Å². The van der Waals surface area contributed by atoms with Gasteiger partial charge in [0.25, 0.3) is 5.91 Å². The number of anilines is 1. The standard InChI is InChI=1S/C26H32N2O2/c1-30-23-17-15-22(16-18-23)12-6-3-2-4-9-19-27-25-14-8-7-13-24(25)26(29)28-20-10-5-11-21-28/h7-8,13-18,27H,2-5,9-11,19-21H2,1H3. The monoisotopic (exact) mass is 404 g/mol. The number of methoxy groups -OCH3 is 1. The van der Waals surface area contributed by atoms with Crippen LogP contribution in [0.1, 0.15) is 60.9 Å². The molecule has 0 saturated carbocycles. The maximum Gasteiger partial charge on any atom is 0.255 e. The van der Waals surface area contributed by atoms with E-state index in [0.717, 1.165) is 80.7 Å². The van der Waals surface area contributed by atoms with Crippen LogP contribution in [-0.2, 0) is 0 Å². The number of hydrogen-bond donors (Lipinski definition) is 1.